The fourth-order valence-electron chi connectivity index (χ4n) is 3.59. The fourth-order valence-corrected chi connectivity index (χ4v) is 3.59. The van der Waals surface area contributed by atoms with E-state index in [0.717, 1.165) is 17.5 Å². The van der Waals surface area contributed by atoms with Gasteiger partial charge in [0.1, 0.15) is 12.4 Å². The number of para-hydroxylation sites is 1. The predicted octanol–water partition coefficient (Wildman–Crippen LogP) is 3.14. The number of hydrogen-bond donors (Lipinski definition) is 2. The van der Waals surface area contributed by atoms with Gasteiger partial charge in [-0.05, 0) is 29.7 Å². The van der Waals surface area contributed by atoms with Crippen LogP contribution in [0.4, 0.5) is 4.79 Å². The highest BCUT2D eigenvalue weighted by Gasteiger charge is 2.28. The van der Waals surface area contributed by atoms with E-state index in [0.29, 0.717) is 13.1 Å². The molecule has 4 rings (SSSR count). The molecule has 3 aromatic rings. The molecule has 1 fully saturated rings. The van der Waals surface area contributed by atoms with Crippen LogP contribution in [0.2, 0.25) is 0 Å². The molecule has 0 aromatic heterocycles. The van der Waals surface area contributed by atoms with Gasteiger partial charge in [-0.3, -0.25) is 9.63 Å². The minimum absolute atomic E-state index is 0.0921. The highest BCUT2D eigenvalue weighted by atomic mass is 16.7. The van der Waals surface area contributed by atoms with Crippen molar-refractivity contribution in [2.24, 2.45) is 5.90 Å². The maximum Gasteiger partial charge on any atom is 0.434 e. The molecule has 0 radical (unpaired) electrons. The molecule has 1 aliphatic heterocycles. The van der Waals surface area contributed by atoms with Crippen molar-refractivity contribution < 1.29 is 33.5 Å². The molecule has 3 aromatic carbocycles. The van der Waals surface area contributed by atoms with Crippen LogP contribution in [0.1, 0.15) is 34.0 Å². The minimum Gasteiger partial charge on any atom is -0.489 e. The van der Waals surface area contributed by atoms with E-state index in [4.69, 9.17) is 25.0 Å². The first-order valence-electron chi connectivity index (χ1n) is 11.7. The summed E-state index contributed by atoms with van der Waals surface area (Å²) in [5, 5.41) is 0. The molecule has 2 amide bonds. The van der Waals surface area contributed by atoms with Crippen molar-refractivity contribution in [1.82, 2.24) is 10.4 Å². The number of benzene rings is 3. The first-order valence-corrected chi connectivity index (χ1v) is 11.7. The van der Waals surface area contributed by atoms with Gasteiger partial charge in [-0.2, -0.15) is 5.48 Å². The van der Waals surface area contributed by atoms with Crippen molar-refractivity contribution in [3.05, 3.63) is 102 Å². The van der Waals surface area contributed by atoms with Gasteiger partial charge in [0.15, 0.2) is 6.10 Å². The quantitative estimate of drug-likeness (QED) is 0.335. The zero-order valence-corrected chi connectivity index (χ0v) is 19.9. The van der Waals surface area contributed by atoms with Gasteiger partial charge in [-0.15, -0.1) is 0 Å². The summed E-state index contributed by atoms with van der Waals surface area (Å²) in [7, 11) is 0. The molecule has 37 heavy (non-hydrogen) atoms. The van der Waals surface area contributed by atoms with Crippen LogP contribution < -0.4 is 16.1 Å². The van der Waals surface area contributed by atoms with Gasteiger partial charge in [-0.1, -0.05) is 72.8 Å². The molecule has 1 heterocycles. The van der Waals surface area contributed by atoms with E-state index in [1.54, 1.807) is 12.1 Å². The number of carbonyl (C=O) groups is 3. The number of amides is 2. The minimum atomic E-state index is -1.28. The van der Waals surface area contributed by atoms with Crippen molar-refractivity contribution in [3.63, 3.8) is 0 Å². The summed E-state index contributed by atoms with van der Waals surface area (Å²) in [5.74, 6) is 4.10. The van der Waals surface area contributed by atoms with Gasteiger partial charge in [0.2, 0.25) is 6.10 Å². The Labute approximate surface area is 213 Å². The van der Waals surface area contributed by atoms with E-state index in [1.807, 2.05) is 60.7 Å². The number of likely N-dealkylation sites (tertiary alicyclic amines) is 1. The molecule has 0 spiro atoms. The van der Waals surface area contributed by atoms with Crippen LogP contribution in [0, 0.1) is 0 Å². The molecular weight excluding hydrogens is 478 g/mol. The van der Waals surface area contributed by atoms with Crippen LogP contribution in [-0.4, -0.2) is 48.7 Å². The smallest absolute Gasteiger partial charge is 0.434 e. The number of nitrogens with zero attached hydrogens (tertiary/aromatic N) is 1. The topological polar surface area (TPSA) is 129 Å². The number of hydrogen-bond acceptors (Lipinski definition) is 8. The van der Waals surface area contributed by atoms with Crippen molar-refractivity contribution in [2.75, 3.05) is 19.7 Å². The number of nitrogens with two attached hydrogens (primary N) is 1. The Morgan fingerprint density at radius 1 is 0.865 bits per heavy atom. The maximum atomic E-state index is 13.0. The van der Waals surface area contributed by atoms with Crippen molar-refractivity contribution in [2.45, 2.75) is 18.6 Å². The summed E-state index contributed by atoms with van der Waals surface area (Å²) in [5.41, 5.74) is 3.75. The molecule has 1 atom stereocenters. The van der Waals surface area contributed by atoms with Gasteiger partial charge in [0, 0.05) is 13.1 Å². The fraction of sp³-hybridized carbons (Fsp3) is 0.222. The van der Waals surface area contributed by atoms with Crippen molar-refractivity contribution >= 4 is 18.0 Å². The monoisotopic (exact) mass is 505 g/mol. The van der Waals surface area contributed by atoms with Crippen molar-refractivity contribution in [1.29, 1.82) is 0 Å². The Bertz CT molecular complexity index is 1160. The summed E-state index contributed by atoms with van der Waals surface area (Å²) in [6.07, 6.45) is -1.71. The van der Waals surface area contributed by atoms with Crippen molar-refractivity contribution in [3.8, 4) is 5.75 Å². The Morgan fingerprint density at radius 3 is 2.03 bits per heavy atom. The first-order chi connectivity index (χ1) is 18.1. The summed E-state index contributed by atoms with van der Waals surface area (Å²) in [6.45, 7) is 0.838. The Morgan fingerprint density at radius 2 is 1.46 bits per heavy atom. The first kappa shape index (κ1) is 25.7. The molecule has 1 aliphatic rings. The van der Waals surface area contributed by atoms with Crippen LogP contribution in [0.3, 0.4) is 0 Å². The molecular formula is C27H27N3O7. The molecule has 0 bridgehead atoms. The lowest BCUT2D eigenvalue weighted by molar-refractivity contribution is -0.163. The van der Waals surface area contributed by atoms with E-state index >= 15 is 0 Å². The molecule has 3 N–H and O–H groups in total. The molecule has 10 nitrogen and oxygen atoms in total. The number of ether oxygens (including phenoxy) is 2. The Kier molecular flexibility index (Phi) is 8.69. The van der Waals surface area contributed by atoms with E-state index in [9.17, 15) is 14.4 Å². The summed E-state index contributed by atoms with van der Waals surface area (Å²) >= 11 is 0. The van der Waals surface area contributed by atoms with Gasteiger partial charge in [0.05, 0.1) is 5.56 Å². The van der Waals surface area contributed by atoms with Crippen LogP contribution in [0.15, 0.2) is 84.9 Å². The number of esters is 1. The average molecular weight is 506 g/mol. The molecule has 0 unspecified atom stereocenters. The third kappa shape index (κ3) is 6.63. The lowest BCUT2D eigenvalue weighted by atomic mass is 10.0. The summed E-state index contributed by atoms with van der Waals surface area (Å²) in [6, 6.07) is 24.8. The van der Waals surface area contributed by atoms with E-state index in [-0.39, 0.29) is 17.9 Å². The molecule has 0 saturated carbocycles. The predicted molar refractivity (Wildman–Crippen MR) is 132 cm³/mol. The highest BCUT2D eigenvalue weighted by molar-refractivity contribution is 5.96. The van der Waals surface area contributed by atoms with Gasteiger partial charge in [0.25, 0.3) is 5.91 Å². The number of nitrogens with one attached hydrogen (secondary N) is 1. The van der Waals surface area contributed by atoms with Crippen LogP contribution in [0.25, 0.3) is 0 Å². The zero-order valence-electron chi connectivity index (χ0n) is 19.9. The number of hydroxylamine groups is 1. The summed E-state index contributed by atoms with van der Waals surface area (Å²) < 4.78 is 11.5. The SMILES string of the molecule is NO[C@@H](COc1ccccc1C(=O)NOC(=O)N1CCC1)C(=O)OC(c1ccccc1)c1ccccc1. The zero-order chi connectivity index (χ0) is 26.0. The van der Waals surface area contributed by atoms with Gasteiger partial charge < -0.3 is 19.2 Å². The Hall–Kier alpha value is -4.41. The third-order valence-corrected chi connectivity index (χ3v) is 5.73. The highest BCUT2D eigenvalue weighted by Crippen LogP contribution is 2.27. The molecule has 1 saturated heterocycles. The molecule has 192 valence electrons. The lowest BCUT2D eigenvalue weighted by Gasteiger charge is -2.29. The second kappa shape index (κ2) is 12.5. The van der Waals surface area contributed by atoms with Gasteiger partial charge >= 0.3 is 12.1 Å². The van der Waals surface area contributed by atoms with E-state index in [2.05, 4.69) is 5.48 Å². The second-order valence-electron chi connectivity index (χ2n) is 8.21. The van der Waals surface area contributed by atoms with Crippen LogP contribution >= 0.6 is 0 Å². The molecule has 10 heteroatoms. The maximum absolute atomic E-state index is 13.0. The number of carbonyl (C=O) groups excluding carboxylic acids is 3. The summed E-state index contributed by atoms with van der Waals surface area (Å²) in [4.78, 5) is 48.6. The average Bonchev–Trinajstić information content (AvgIpc) is 2.91. The lowest BCUT2D eigenvalue weighted by Crippen LogP contribution is -2.45. The number of rotatable bonds is 9. The second-order valence-corrected chi connectivity index (χ2v) is 8.21. The van der Waals surface area contributed by atoms with E-state index < -0.39 is 30.2 Å². The largest absolute Gasteiger partial charge is 0.489 e. The third-order valence-electron chi connectivity index (χ3n) is 5.73. The standard InChI is InChI=1S/C27H27N3O7/c28-36-23(26(32)35-24(19-10-3-1-4-11-19)20-12-5-2-6-13-20)18-34-22-15-8-7-14-21(22)25(31)29-37-27(33)30-16-9-17-30/h1-8,10-15,23-24H,9,16-18,28H2,(H,29,31)/t23-/m0/s1. The van der Waals surface area contributed by atoms with Crippen LogP contribution in [0.5, 0.6) is 5.75 Å². The normalized spacial score (nSPS) is 13.3. The van der Waals surface area contributed by atoms with Crippen LogP contribution in [-0.2, 0) is 19.2 Å². The Balaban J connectivity index is 1.40. The molecule has 0 aliphatic carbocycles. The van der Waals surface area contributed by atoms with Gasteiger partial charge in [-0.25, -0.2) is 15.5 Å². The van der Waals surface area contributed by atoms with E-state index in [1.165, 1.54) is 17.0 Å².